The van der Waals surface area contributed by atoms with Crippen molar-refractivity contribution in [2.45, 2.75) is 25.9 Å². The van der Waals surface area contributed by atoms with Crippen LogP contribution in [0.3, 0.4) is 0 Å². The number of amides is 1. The lowest BCUT2D eigenvalue weighted by Gasteiger charge is -2.17. The van der Waals surface area contributed by atoms with Gasteiger partial charge in [0.1, 0.15) is 5.75 Å². The topological polar surface area (TPSA) is 58.6 Å². The highest BCUT2D eigenvalue weighted by molar-refractivity contribution is 5.80. The standard InChI is InChI=1S/C14H17F2NO3/c1-9(13(19)17-7-14(8-18)4-5-14)20-10-2-3-11(15)12(16)6-10/h2-3,6,9,18H,4-5,7-8H2,1H3,(H,17,19). The minimum Gasteiger partial charge on any atom is -0.481 e. The van der Waals surface area contributed by atoms with Gasteiger partial charge < -0.3 is 15.2 Å². The van der Waals surface area contributed by atoms with Gasteiger partial charge in [0.2, 0.25) is 0 Å². The number of benzene rings is 1. The molecule has 2 rings (SSSR count). The third-order valence-corrected chi connectivity index (χ3v) is 3.50. The molecular formula is C14H17F2NO3. The molecule has 0 heterocycles. The monoisotopic (exact) mass is 285 g/mol. The summed E-state index contributed by atoms with van der Waals surface area (Å²) in [5.74, 6) is -2.25. The van der Waals surface area contributed by atoms with E-state index in [1.807, 2.05) is 0 Å². The van der Waals surface area contributed by atoms with Crippen LogP contribution >= 0.6 is 0 Å². The van der Waals surface area contributed by atoms with Crippen molar-refractivity contribution >= 4 is 5.91 Å². The minimum atomic E-state index is -1.02. The summed E-state index contributed by atoms with van der Waals surface area (Å²) in [7, 11) is 0. The van der Waals surface area contributed by atoms with Gasteiger partial charge in [-0.2, -0.15) is 0 Å². The Bertz CT molecular complexity index is 503. The lowest BCUT2D eigenvalue weighted by atomic mass is 10.1. The van der Waals surface area contributed by atoms with Gasteiger partial charge in [0.15, 0.2) is 17.7 Å². The molecule has 1 unspecified atom stereocenters. The van der Waals surface area contributed by atoms with Crippen LogP contribution in [-0.4, -0.2) is 30.3 Å². The van der Waals surface area contributed by atoms with Crippen molar-refractivity contribution in [2.24, 2.45) is 5.41 Å². The summed E-state index contributed by atoms with van der Waals surface area (Å²) in [4.78, 5) is 11.8. The molecule has 0 spiro atoms. The number of carbonyl (C=O) groups is 1. The van der Waals surface area contributed by atoms with Gasteiger partial charge in [0.25, 0.3) is 5.91 Å². The molecule has 0 aromatic heterocycles. The first-order valence-electron chi connectivity index (χ1n) is 6.46. The van der Waals surface area contributed by atoms with Crippen molar-refractivity contribution in [1.29, 1.82) is 0 Å². The van der Waals surface area contributed by atoms with Gasteiger partial charge in [-0.1, -0.05) is 0 Å². The van der Waals surface area contributed by atoms with Gasteiger partial charge in [0.05, 0.1) is 6.61 Å². The van der Waals surface area contributed by atoms with Crippen LogP contribution in [-0.2, 0) is 4.79 Å². The number of nitrogens with one attached hydrogen (secondary N) is 1. The average molecular weight is 285 g/mol. The molecule has 6 heteroatoms. The van der Waals surface area contributed by atoms with Gasteiger partial charge >= 0.3 is 0 Å². The number of hydrogen-bond donors (Lipinski definition) is 2. The molecule has 1 atom stereocenters. The summed E-state index contributed by atoms with van der Waals surface area (Å²) >= 11 is 0. The smallest absolute Gasteiger partial charge is 0.260 e. The number of carbonyl (C=O) groups excluding carboxylic acids is 1. The van der Waals surface area contributed by atoms with Crippen LogP contribution < -0.4 is 10.1 Å². The van der Waals surface area contributed by atoms with Crippen molar-refractivity contribution in [3.8, 4) is 5.75 Å². The Morgan fingerprint density at radius 1 is 1.45 bits per heavy atom. The zero-order chi connectivity index (χ0) is 14.8. The van der Waals surface area contributed by atoms with Crippen LogP contribution in [0.5, 0.6) is 5.75 Å². The molecule has 1 saturated carbocycles. The molecule has 0 saturated heterocycles. The van der Waals surface area contributed by atoms with E-state index in [-0.39, 0.29) is 23.7 Å². The van der Waals surface area contributed by atoms with E-state index in [4.69, 9.17) is 9.84 Å². The summed E-state index contributed by atoms with van der Waals surface area (Å²) in [5.41, 5.74) is -0.183. The van der Waals surface area contributed by atoms with Gasteiger partial charge in [-0.05, 0) is 31.9 Å². The quantitative estimate of drug-likeness (QED) is 0.835. The number of rotatable bonds is 6. The van der Waals surface area contributed by atoms with Gasteiger partial charge in [-0.15, -0.1) is 0 Å². The first kappa shape index (κ1) is 14.7. The van der Waals surface area contributed by atoms with E-state index in [2.05, 4.69) is 5.32 Å². The van der Waals surface area contributed by atoms with Crippen LogP contribution in [0.4, 0.5) is 8.78 Å². The highest BCUT2D eigenvalue weighted by Crippen LogP contribution is 2.44. The largest absolute Gasteiger partial charge is 0.481 e. The van der Waals surface area contributed by atoms with E-state index in [0.29, 0.717) is 6.54 Å². The average Bonchev–Trinajstić information content (AvgIpc) is 3.21. The normalized spacial score (nSPS) is 17.4. The predicted molar refractivity (Wildman–Crippen MR) is 68.2 cm³/mol. The molecule has 1 fully saturated rings. The van der Waals surface area contributed by atoms with Crippen LogP contribution in [0, 0.1) is 17.0 Å². The van der Waals surface area contributed by atoms with E-state index < -0.39 is 17.7 Å². The second-order valence-electron chi connectivity index (χ2n) is 5.21. The summed E-state index contributed by atoms with van der Waals surface area (Å²) in [5, 5.41) is 11.8. The Morgan fingerprint density at radius 2 is 2.15 bits per heavy atom. The number of halogens is 2. The maximum absolute atomic E-state index is 13.0. The lowest BCUT2D eigenvalue weighted by molar-refractivity contribution is -0.127. The molecule has 1 aromatic rings. The second kappa shape index (κ2) is 5.75. The SMILES string of the molecule is CC(Oc1ccc(F)c(F)c1)C(=O)NCC1(CO)CC1. The summed E-state index contributed by atoms with van der Waals surface area (Å²) in [6, 6.07) is 3.10. The second-order valence-corrected chi connectivity index (χ2v) is 5.21. The molecule has 2 N–H and O–H groups in total. The zero-order valence-corrected chi connectivity index (χ0v) is 11.2. The van der Waals surface area contributed by atoms with Gasteiger partial charge in [-0.3, -0.25) is 4.79 Å². The van der Waals surface area contributed by atoms with Gasteiger partial charge in [-0.25, -0.2) is 8.78 Å². The van der Waals surface area contributed by atoms with E-state index in [1.54, 1.807) is 0 Å². The minimum absolute atomic E-state index is 0.0473. The fourth-order valence-corrected chi connectivity index (χ4v) is 1.79. The molecule has 110 valence electrons. The van der Waals surface area contributed by atoms with E-state index in [0.717, 1.165) is 25.0 Å². The number of ether oxygens (including phenoxy) is 1. The van der Waals surface area contributed by atoms with Crippen LogP contribution in [0.25, 0.3) is 0 Å². The summed E-state index contributed by atoms with van der Waals surface area (Å²) in [6.07, 6.45) is 0.957. The lowest BCUT2D eigenvalue weighted by Crippen LogP contribution is -2.40. The Balaban J connectivity index is 1.85. The Morgan fingerprint density at radius 3 is 2.70 bits per heavy atom. The molecule has 0 radical (unpaired) electrons. The Kier molecular flexibility index (Phi) is 4.23. The molecular weight excluding hydrogens is 268 g/mol. The molecule has 0 bridgehead atoms. The highest BCUT2D eigenvalue weighted by atomic mass is 19.2. The van der Waals surface area contributed by atoms with E-state index in [1.165, 1.54) is 13.0 Å². The van der Waals surface area contributed by atoms with E-state index in [9.17, 15) is 13.6 Å². The van der Waals surface area contributed by atoms with Crippen molar-refractivity contribution in [1.82, 2.24) is 5.32 Å². The first-order chi connectivity index (χ1) is 9.46. The maximum atomic E-state index is 13.0. The molecule has 20 heavy (non-hydrogen) atoms. The fourth-order valence-electron chi connectivity index (χ4n) is 1.79. The maximum Gasteiger partial charge on any atom is 0.260 e. The van der Waals surface area contributed by atoms with Crippen LogP contribution in [0.15, 0.2) is 18.2 Å². The predicted octanol–water partition coefficient (Wildman–Crippen LogP) is 1.62. The first-order valence-corrected chi connectivity index (χ1v) is 6.46. The third-order valence-electron chi connectivity index (χ3n) is 3.50. The Labute approximate surface area is 115 Å². The fraction of sp³-hybridized carbons (Fsp3) is 0.500. The molecule has 4 nitrogen and oxygen atoms in total. The van der Waals surface area contributed by atoms with Crippen molar-refractivity contribution in [3.05, 3.63) is 29.8 Å². The van der Waals surface area contributed by atoms with Crippen LogP contribution in [0.2, 0.25) is 0 Å². The van der Waals surface area contributed by atoms with Crippen molar-refractivity contribution < 1.29 is 23.4 Å². The molecule has 1 aliphatic carbocycles. The highest BCUT2D eigenvalue weighted by Gasteiger charge is 2.42. The van der Waals surface area contributed by atoms with Crippen molar-refractivity contribution in [2.75, 3.05) is 13.2 Å². The summed E-state index contributed by atoms with van der Waals surface area (Å²) < 4.78 is 31.0. The molecule has 1 amide bonds. The van der Waals surface area contributed by atoms with E-state index >= 15 is 0 Å². The molecule has 1 aromatic carbocycles. The number of aliphatic hydroxyl groups excluding tert-OH is 1. The van der Waals surface area contributed by atoms with Gasteiger partial charge in [0, 0.05) is 18.0 Å². The van der Waals surface area contributed by atoms with Crippen LogP contribution in [0.1, 0.15) is 19.8 Å². The number of hydrogen-bond acceptors (Lipinski definition) is 3. The number of aliphatic hydroxyl groups is 1. The zero-order valence-electron chi connectivity index (χ0n) is 11.2. The molecule has 0 aliphatic heterocycles. The van der Waals surface area contributed by atoms with Crippen molar-refractivity contribution in [3.63, 3.8) is 0 Å². The third kappa shape index (κ3) is 3.45. The Hall–Kier alpha value is -1.69. The molecule has 1 aliphatic rings. The summed E-state index contributed by atoms with van der Waals surface area (Å²) in [6.45, 7) is 1.97.